The molecule has 7 heteroatoms. The average Bonchev–Trinajstić information content (AvgIpc) is 3.25. The average molecular weight is 312 g/mol. The van der Waals surface area contributed by atoms with Crippen molar-refractivity contribution in [1.82, 2.24) is 20.3 Å². The molecule has 2 N–H and O–H groups in total. The number of rotatable bonds is 6. The molecule has 23 heavy (non-hydrogen) atoms. The predicted octanol–water partition coefficient (Wildman–Crippen LogP) is 1.38. The van der Waals surface area contributed by atoms with Gasteiger partial charge in [0.2, 0.25) is 0 Å². The Balaban J connectivity index is 1.56. The van der Waals surface area contributed by atoms with Crippen LogP contribution in [0, 0.1) is 0 Å². The van der Waals surface area contributed by atoms with Crippen molar-refractivity contribution in [3.05, 3.63) is 71.9 Å². The smallest absolute Gasteiger partial charge is 0.273 e. The van der Waals surface area contributed by atoms with Crippen molar-refractivity contribution in [2.75, 3.05) is 6.54 Å². The largest absolute Gasteiger partial charge is 0.467 e. The maximum atomic E-state index is 12.0. The summed E-state index contributed by atoms with van der Waals surface area (Å²) in [5, 5.41) is 20.2. The summed E-state index contributed by atoms with van der Waals surface area (Å²) in [4.78, 5) is 12.0. The fourth-order valence-electron chi connectivity index (χ4n) is 2.11. The van der Waals surface area contributed by atoms with E-state index in [1.807, 2.05) is 30.3 Å². The van der Waals surface area contributed by atoms with Crippen molar-refractivity contribution in [3.63, 3.8) is 0 Å². The van der Waals surface area contributed by atoms with Crippen LogP contribution in [0.4, 0.5) is 0 Å². The molecule has 0 spiro atoms. The van der Waals surface area contributed by atoms with Gasteiger partial charge in [-0.15, -0.1) is 5.10 Å². The normalized spacial score (nSPS) is 12.0. The minimum absolute atomic E-state index is 0.0396. The fourth-order valence-corrected chi connectivity index (χ4v) is 2.11. The lowest BCUT2D eigenvalue weighted by atomic mass is 10.2. The number of hydrogen-bond donors (Lipinski definition) is 2. The van der Waals surface area contributed by atoms with Crippen molar-refractivity contribution in [3.8, 4) is 0 Å². The molecule has 3 aromatic rings. The topological polar surface area (TPSA) is 93.2 Å². The number of amides is 1. The number of carbonyl (C=O) groups is 1. The quantitative estimate of drug-likeness (QED) is 0.717. The third-order valence-electron chi connectivity index (χ3n) is 3.29. The molecule has 0 fully saturated rings. The number of aromatic nitrogens is 3. The molecule has 1 atom stereocenters. The molecule has 7 nitrogen and oxygen atoms in total. The number of aliphatic hydroxyl groups excluding tert-OH is 1. The minimum Gasteiger partial charge on any atom is -0.467 e. The van der Waals surface area contributed by atoms with E-state index in [9.17, 15) is 9.90 Å². The minimum atomic E-state index is -0.895. The summed E-state index contributed by atoms with van der Waals surface area (Å²) in [5.74, 6) is 0.00736. The summed E-state index contributed by atoms with van der Waals surface area (Å²) in [5.41, 5.74) is 1.27. The Morgan fingerprint density at radius 3 is 2.83 bits per heavy atom. The first-order chi connectivity index (χ1) is 11.2. The lowest BCUT2D eigenvalue weighted by molar-refractivity contribution is 0.0896. The number of furan rings is 1. The molecule has 2 aromatic heterocycles. The van der Waals surface area contributed by atoms with Crippen molar-refractivity contribution >= 4 is 5.91 Å². The zero-order chi connectivity index (χ0) is 16.1. The summed E-state index contributed by atoms with van der Waals surface area (Å²) >= 11 is 0. The Hall–Kier alpha value is -2.93. The van der Waals surface area contributed by atoms with Gasteiger partial charge in [-0.25, -0.2) is 4.68 Å². The highest BCUT2D eigenvalue weighted by Gasteiger charge is 2.15. The van der Waals surface area contributed by atoms with Gasteiger partial charge >= 0.3 is 0 Å². The van der Waals surface area contributed by atoms with Crippen LogP contribution in [0.1, 0.15) is 27.9 Å². The van der Waals surface area contributed by atoms with E-state index >= 15 is 0 Å². The van der Waals surface area contributed by atoms with E-state index < -0.39 is 12.0 Å². The second-order valence-electron chi connectivity index (χ2n) is 5.03. The standard InChI is InChI=1S/C16H16N4O3/c21-14(15-7-4-8-23-15)9-17-16(22)13-11-20(19-18-13)10-12-5-2-1-3-6-12/h1-8,11,14,21H,9-10H2,(H,17,22). The summed E-state index contributed by atoms with van der Waals surface area (Å²) in [7, 11) is 0. The number of carbonyl (C=O) groups excluding carboxylic acids is 1. The molecule has 0 aliphatic heterocycles. The number of nitrogens with one attached hydrogen (secondary N) is 1. The van der Waals surface area contributed by atoms with E-state index in [1.54, 1.807) is 23.0 Å². The lowest BCUT2D eigenvalue weighted by Crippen LogP contribution is -2.28. The van der Waals surface area contributed by atoms with Gasteiger partial charge < -0.3 is 14.8 Å². The SMILES string of the molecule is O=C(NCC(O)c1ccco1)c1cn(Cc2ccccc2)nn1. The zero-order valence-corrected chi connectivity index (χ0v) is 12.3. The highest BCUT2D eigenvalue weighted by Crippen LogP contribution is 2.11. The third-order valence-corrected chi connectivity index (χ3v) is 3.29. The van der Waals surface area contributed by atoms with Crippen LogP contribution in [-0.2, 0) is 6.54 Å². The van der Waals surface area contributed by atoms with Gasteiger partial charge in [-0.2, -0.15) is 0 Å². The van der Waals surface area contributed by atoms with Crippen LogP contribution in [-0.4, -0.2) is 32.6 Å². The van der Waals surface area contributed by atoms with E-state index in [0.717, 1.165) is 5.56 Å². The molecule has 1 aromatic carbocycles. The van der Waals surface area contributed by atoms with Crippen molar-refractivity contribution in [2.24, 2.45) is 0 Å². The fraction of sp³-hybridized carbons (Fsp3) is 0.188. The summed E-state index contributed by atoms with van der Waals surface area (Å²) in [6.45, 7) is 0.577. The van der Waals surface area contributed by atoms with E-state index in [4.69, 9.17) is 4.42 Å². The second kappa shape index (κ2) is 6.89. The van der Waals surface area contributed by atoms with Gasteiger partial charge in [0, 0.05) is 0 Å². The van der Waals surface area contributed by atoms with E-state index in [1.165, 1.54) is 6.26 Å². The summed E-state index contributed by atoms with van der Waals surface area (Å²) < 4.78 is 6.66. The van der Waals surface area contributed by atoms with Gasteiger partial charge in [-0.1, -0.05) is 35.5 Å². The van der Waals surface area contributed by atoms with Crippen LogP contribution >= 0.6 is 0 Å². The molecule has 1 unspecified atom stereocenters. The first-order valence-electron chi connectivity index (χ1n) is 7.16. The molecular formula is C16H16N4O3. The maximum absolute atomic E-state index is 12.0. The van der Waals surface area contributed by atoms with Gasteiger partial charge in [0.15, 0.2) is 5.69 Å². The molecule has 3 rings (SSSR count). The molecule has 118 valence electrons. The van der Waals surface area contributed by atoms with E-state index in [-0.39, 0.29) is 12.2 Å². The first-order valence-corrected chi connectivity index (χ1v) is 7.16. The molecule has 0 aliphatic carbocycles. The first kappa shape index (κ1) is 15.0. The van der Waals surface area contributed by atoms with Crippen molar-refractivity contribution in [1.29, 1.82) is 0 Å². The highest BCUT2D eigenvalue weighted by atomic mass is 16.4. The monoisotopic (exact) mass is 312 g/mol. The number of hydrogen-bond acceptors (Lipinski definition) is 5. The third kappa shape index (κ3) is 3.83. The van der Waals surface area contributed by atoms with Crippen molar-refractivity contribution < 1.29 is 14.3 Å². The Morgan fingerprint density at radius 2 is 2.09 bits per heavy atom. The van der Waals surface area contributed by atoms with Gasteiger partial charge in [-0.05, 0) is 17.7 Å². The van der Waals surface area contributed by atoms with Crippen LogP contribution in [0.25, 0.3) is 0 Å². The molecule has 0 bridgehead atoms. The molecule has 0 saturated carbocycles. The second-order valence-corrected chi connectivity index (χ2v) is 5.03. The van der Waals surface area contributed by atoms with Crippen LogP contribution in [0.15, 0.2) is 59.3 Å². The van der Waals surface area contributed by atoms with Crippen LogP contribution < -0.4 is 5.32 Å². The predicted molar refractivity (Wildman–Crippen MR) is 81.6 cm³/mol. The lowest BCUT2D eigenvalue weighted by Gasteiger charge is -2.08. The van der Waals surface area contributed by atoms with Gasteiger partial charge in [0.05, 0.1) is 25.5 Å². The maximum Gasteiger partial charge on any atom is 0.273 e. The molecule has 0 aliphatic rings. The Morgan fingerprint density at radius 1 is 1.26 bits per heavy atom. The van der Waals surface area contributed by atoms with Gasteiger partial charge in [-0.3, -0.25) is 4.79 Å². The summed E-state index contributed by atoms with van der Waals surface area (Å²) in [6.07, 6.45) is 2.14. The van der Waals surface area contributed by atoms with Gasteiger partial charge in [0.1, 0.15) is 11.9 Å². The molecule has 0 radical (unpaired) electrons. The molecule has 2 heterocycles. The Bertz CT molecular complexity index is 753. The van der Waals surface area contributed by atoms with Crippen LogP contribution in [0.5, 0.6) is 0 Å². The van der Waals surface area contributed by atoms with E-state index in [2.05, 4.69) is 15.6 Å². The number of nitrogens with zero attached hydrogens (tertiary/aromatic N) is 3. The number of aliphatic hydroxyl groups is 1. The van der Waals surface area contributed by atoms with Crippen molar-refractivity contribution in [2.45, 2.75) is 12.6 Å². The molecule has 1 amide bonds. The van der Waals surface area contributed by atoms with Gasteiger partial charge in [0.25, 0.3) is 5.91 Å². The molecular weight excluding hydrogens is 296 g/mol. The van der Waals surface area contributed by atoms with Crippen LogP contribution in [0.2, 0.25) is 0 Å². The Kier molecular flexibility index (Phi) is 4.49. The summed E-state index contributed by atoms with van der Waals surface area (Å²) in [6, 6.07) is 13.1. The zero-order valence-electron chi connectivity index (χ0n) is 12.3. The van der Waals surface area contributed by atoms with E-state index in [0.29, 0.717) is 12.3 Å². The Labute approximate surface area is 132 Å². The highest BCUT2D eigenvalue weighted by molar-refractivity contribution is 5.91. The van der Waals surface area contributed by atoms with Crippen LogP contribution in [0.3, 0.4) is 0 Å². The molecule has 0 saturated heterocycles. The number of benzene rings is 1.